The lowest BCUT2D eigenvalue weighted by atomic mass is 9.90. The zero-order valence-corrected chi connectivity index (χ0v) is 11.6. The van der Waals surface area contributed by atoms with Gasteiger partial charge in [0.05, 0.1) is 0 Å². The molecule has 0 atom stereocenters. The van der Waals surface area contributed by atoms with Gasteiger partial charge >= 0.3 is 0 Å². The minimum Gasteiger partial charge on any atom is -0.303 e. The molecule has 1 fully saturated rings. The second kappa shape index (κ2) is 6.75. The standard InChI is InChI=1S/C17H25N/c1-15(2)8-11-18-12-9-17(10-13-18)14-16-6-4-3-5-7-16/h3-7,17H,1,8-14H2,2H3. The molecule has 18 heavy (non-hydrogen) atoms. The number of benzene rings is 1. The Bertz CT molecular complexity index is 360. The van der Waals surface area contributed by atoms with Crippen LogP contribution in [0, 0.1) is 5.92 Å². The van der Waals surface area contributed by atoms with Crippen molar-refractivity contribution in [1.29, 1.82) is 0 Å². The first-order chi connectivity index (χ1) is 8.74. The van der Waals surface area contributed by atoms with Crippen LogP contribution in [0.1, 0.15) is 31.7 Å². The average Bonchev–Trinajstić information content (AvgIpc) is 2.39. The lowest BCUT2D eigenvalue weighted by Crippen LogP contribution is -2.35. The summed E-state index contributed by atoms with van der Waals surface area (Å²) in [6, 6.07) is 10.9. The normalized spacial score (nSPS) is 17.8. The number of nitrogens with zero attached hydrogens (tertiary/aromatic N) is 1. The number of hydrogen-bond donors (Lipinski definition) is 0. The zero-order valence-electron chi connectivity index (χ0n) is 11.6. The summed E-state index contributed by atoms with van der Waals surface area (Å²) in [4.78, 5) is 2.59. The average molecular weight is 243 g/mol. The molecule has 1 aromatic carbocycles. The molecule has 0 spiro atoms. The second-order valence-corrected chi connectivity index (χ2v) is 5.68. The van der Waals surface area contributed by atoms with Gasteiger partial charge in [-0.25, -0.2) is 0 Å². The third-order valence-corrected chi connectivity index (χ3v) is 3.93. The van der Waals surface area contributed by atoms with Crippen LogP contribution in [0.2, 0.25) is 0 Å². The fourth-order valence-electron chi connectivity index (χ4n) is 2.71. The molecule has 1 nitrogen and oxygen atoms in total. The van der Waals surface area contributed by atoms with Gasteiger partial charge in [-0.1, -0.05) is 35.9 Å². The third-order valence-electron chi connectivity index (χ3n) is 3.93. The third kappa shape index (κ3) is 4.30. The monoisotopic (exact) mass is 243 g/mol. The number of likely N-dealkylation sites (tertiary alicyclic amines) is 1. The van der Waals surface area contributed by atoms with Crippen molar-refractivity contribution in [3.05, 3.63) is 48.0 Å². The highest BCUT2D eigenvalue weighted by Crippen LogP contribution is 2.21. The summed E-state index contributed by atoms with van der Waals surface area (Å²) in [7, 11) is 0. The van der Waals surface area contributed by atoms with Crippen LogP contribution in [0.5, 0.6) is 0 Å². The van der Waals surface area contributed by atoms with Crippen molar-refractivity contribution in [1.82, 2.24) is 4.90 Å². The number of hydrogen-bond acceptors (Lipinski definition) is 1. The van der Waals surface area contributed by atoms with Crippen LogP contribution in [-0.4, -0.2) is 24.5 Å². The summed E-state index contributed by atoms with van der Waals surface area (Å²) in [6.07, 6.45) is 5.12. The Hall–Kier alpha value is -1.08. The minimum atomic E-state index is 0.883. The Morgan fingerprint density at radius 2 is 1.89 bits per heavy atom. The van der Waals surface area contributed by atoms with Crippen LogP contribution in [0.25, 0.3) is 0 Å². The van der Waals surface area contributed by atoms with Crippen LogP contribution in [0.4, 0.5) is 0 Å². The summed E-state index contributed by atoms with van der Waals surface area (Å²) >= 11 is 0. The maximum Gasteiger partial charge on any atom is 0.00184 e. The van der Waals surface area contributed by atoms with E-state index >= 15 is 0 Å². The van der Waals surface area contributed by atoms with Crippen molar-refractivity contribution in [2.24, 2.45) is 5.92 Å². The molecule has 0 aromatic heterocycles. The number of piperidine rings is 1. The summed E-state index contributed by atoms with van der Waals surface area (Å²) in [5.74, 6) is 0.883. The van der Waals surface area contributed by atoms with E-state index in [9.17, 15) is 0 Å². The van der Waals surface area contributed by atoms with Crippen molar-refractivity contribution >= 4 is 0 Å². The van der Waals surface area contributed by atoms with Crippen LogP contribution in [0.15, 0.2) is 42.5 Å². The first kappa shape index (κ1) is 13.4. The van der Waals surface area contributed by atoms with Crippen LogP contribution in [0.3, 0.4) is 0 Å². The van der Waals surface area contributed by atoms with Crippen LogP contribution in [-0.2, 0) is 6.42 Å². The van der Waals surface area contributed by atoms with E-state index in [4.69, 9.17) is 0 Å². The SMILES string of the molecule is C=C(C)CCN1CCC(Cc2ccccc2)CC1. The minimum absolute atomic E-state index is 0.883. The Balaban J connectivity index is 1.72. The van der Waals surface area contributed by atoms with E-state index in [0.717, 1.165) is 12.3 Å². The molecule has 1 aromatic rings. The second-order valence-electron chi connectivity index (χ2n) is 5.68. The van der Waals surface area contributed by atoms with Crippen molar-refractivity contribution in [3.63, 3.8) is 0 Å². The maximum absolute atomic E-state index is 3.98. The van der Waals surface area contributed by atoms with Gasteiger partial charge < -0.3 is 4.90 Å². The van der Waals surface area contributed by atoms with Gasteiger partial charge in [0.1, 0.15) is 0 Å². The highest BCUT2D eigenvalue weighted by molar-refractivity contribution is 5.15. The molecule has 0 saturated carbocycles. The predicted octanol–water partition coefficient (Wildman–Crippen LogP) is 3.91. The molecular formula is C17H25N. The molecule has 1 heteroatoms. The van der Waals surface area contributed by atoms with E-state index < -0.39 is 0 Å². The van der Waals surface area contributed by atoms with Gasteiger partial charge in [-0.05, 0) is 57.2 Å². The molecule has 0 amide bonds. The van der Waals surface area contributed by atoms with Gasteiger partial charge in [-0.3, -0.25) is 0 Å². The molecule has 0 radical (unpaired) electrons. The van der Waals surface area contributed by atoms with Gasteiger partial charge in [0.25, 0.3) is 0 Å². The molecule has 0 unspecified atom stereocenters. The smallest absolute Gasteiger partial charge is 0.00184 e. The zero-order chi connectivity index (χ0) is 12.8. The topological polar surface area (TPSA) is 3.24 Å². The van der Waals surface area contributed by atoms with Crippen molar-refractivity contribution in [3.8, 4) is 0 Å². The van der Waals surface area contributed by atoms with E-state index in [-0.39, 0.29) is 0 Å². The molecule has 1 aliphatic heterocycles. The van der Waals surface area contributed by atoms with Gasteiger partial charge in [0.2, 0.25) is 0 Å². The Kier molecular flexibility index (Phi) is 5.00. The van der Waals surface area contributed by atoms with Crippen molar-refractivity contribution < 1.29 is 0 Å². The summed E-state index contributed by atoms with van der Waals surface area (Å²) in [5.41, 5.74) is 2.80. The summed E-state index contributed by atoms with van der Waals surface area (Å²) in [6.45, 7) is 9.85. The van der Waals surface area contributed by atoms with E-state index in [1.807, 2.05) is 0 Å². The van der Waals surface area contributed by atoms with Gasteiger partial charge in [0.15, 0.2) is 0 Å². The molecule has 2 rings (SSSR count). The molecule has 1 saturated heterocycles. The fraction of sp³-hybridized carbons (Fsp3) is 0.529. The molecule has 98 valence electrons. The highest BCUT2D eigenvalue weighted by Gasteiger charge is 2.18. The van der Waals surface area contributed by atoms with Crippen LogP contribution < -0.4 is 0 Å². The van der Waals surface area contributed by atoms with Crippen molar-refractivity contribution in [2.45, 2.75) is 32.6 Å². The maximum atomic E-state index is 3.98. The summed E-state index contributed by atoms with van der Waals surface area (Å²) in [5, 5.41) is 0. The first-order valence-corrected chi connectivity index (χ1v) is 7.14. The van der Waals surface area contributed by atoms with E-state index in [2.05, 4.69) is 48.7 Å². The molecule has 0 N–H and O–H groups in total. The lowest BCUT2D eigenvalue weighted by molar-refractivity contribution is 0.186. The predicted molar refractivity (Wildman–Crippen MR) is 78.7 cm³/mol. The lowest BCUT2D eigenvalue weighted by Gasteiger charge is -2.32. The highest BCUT2D eigenvalue weighted by atomic mass is 15.1. The Morgan fingerprint density at radius 1 is 1.22 bits per heavy atom. The largest absolute Gasteiger partial charge is 0.303 e. The van der Waals surface area contributed by atoms with Gasteiger partial charge in [0, 0.05) is 6.54 Å². The quantitative estimate of drug-likeness (QED) is 0.709. The van der Waals surface area contributed by atoms with E-state index in [1.54, 1.807) is 0 Å². The molecule has 0 aliphatic carbocycles. The van der Waals surface area contributed by atoms with E-state index in [0.29, 0.717) is 0 Å². The summed E-state index contributed by atoms with van der Waals surface area (Å²) < 4.78 is 0. The van der Waals surface area contributed by atoms with Gasteiger partial charge in [-0.15, -0.1) is 6.58 Å². The van der Waals surface area contributed by atoms with E-state index in [1.165, 1.54) is 50.0 Å². The number of rotatable bonds is 5. The molecular weight excluding hydrogens is 218 g/mol. The fourth-order valence-corrected chi connectivity index (χ4v) is 2.71. The van der Waals surface area contributed by atoms with Crippen molar-refractivity contribution in [2.75, 3.05) is 19.6 Å². The first-order valence-electron chi connectivity index (χ1n) is 7.14. The van der Waals surface area contributed by atoms with Crippen LogP contribution >= 0.6 is 0 Å². The van der Waals surface area contributed by atoms with Gasteiger partial charge in [-0.2, -0.15) is 0 Å². The molecule has 1 aliphatic rings. The molecule has 0 bridgehead atoms. The Morgan fingerprint density at radius 3 is 2.50 bits per heavy atom. The Labute approximate surface area is 112 Å². The molecule has 1 heterocycles.